The number of carbonyl (C=O) groups is 2. The molecule has 0 aliphatic rings. The molecular formula is C12H16N2O4. The minimum atomic E-state index is -1.07. The molecule has 0 atom stereocenters. The number of nitrogens with one attached hydrogen (secondary N) is 1. The molecule has 0 radical (unpaired) electrons. The van der Waals surface area contributed by atoms with Gasteiger partial charge in [-0.05, 0) is 18.1 Å². The fraction of sp³-hybridized carbons (Fsp3) is 0.417. The molecule has 1 aromatic heterocycles. The number of carboxylic acid groups (broad SMARTS) is 1. The smallest absolute Gasteiger partial charge is 0.354 e. The third kappa shape index (κ3) is 4.92. The van der Waals surface area contributed by atoms with E-state index in [1.54, 1.807) is 6.07 Å². The maximum atomic E-state index is 11.3. The van der Waals surface area contributed by atoms with Gasteiger partial charge in [0.05, 0.1) is 0 Å². The van der Waals surface area contributed by atoms with Crippen LogP contribution in [0.25, 0.3) is 0 Å². The van der Waals surface area contributed by atoms with Gasteiger partial charge in [-0.25, -0.2) is 9.78 Å². The van der Waals surface area contributed by atoms with Crippen molar-refractivity contribution in [2.75, 3.05) is 13.2 Å². The normalized spacial score (nSPS) is 10.1. The Bertz CT molecular complexity index is 403. The van der Waals surface area contributed by atoms with E-state index in [-0.39, 0.29) is 18.2 Å². The number of hydrogen-bond acceptors (Lipinski definition) is 4. The number of pyridine rings is 1. The van der Waals surface area contributed by atoms with Crippen LogP contribution in [0.4, 0.5) is 0 Å². The van der Waals surface area contributed by atoms with Gasteiger partial charge in [0.2, 0.25) is 5.91 Å². The van der Waals surface area contributed by atoms with Gasteiger partial charge in [0.15, 0.2) is 0 Å². The summed E-state index contributed by atoms with van der Waals surface area (Å²) in [6.07, 6.45) is 2.30. The van der Waals surface area contributed by atoms with E-state index in [1.807, 2.05) is 6.92 Å². The number of hydrogen-bond donors (Lipinski definition) is 2. The molecule has 0 aromatic carbocycles. The first-order valence-electron chi connectivity index (χ1n) is 5.66. The molecule has 0 spiro atoms. The van der Waals surface area contributed by atoms with Crippen molar-refractivity contribution in [3.63, 3.8) is 0 Å². The molecule has 6 nitrogen and oxygen atoms in total. The molecule has 1 aromatic rings. The van der Waals surface area contributed by atoms with E-state index < -0.39 is 5.97 Å². The molecule has 0 fully saturated rings. The van der Waals surface area contributed by atoms with E-state index in [1.165, 1.54) is 12.3 Å². The van der Waals surface area contributed by atoms with Crippen LogP contribution in [0.1, 0.15) is 29.4 Å². The Balaban J connectivity index is 2.34. The van der Waals surface area contributed by atoms with Gasteiger partial charge in [-0.15, -0.1) is 0 Å². The van der Waals surface area contributed by atoms with Crippen LogP contribution in [-0.2, 0) is 16.1 Å². The fourth-order valence-corrected chi connectivity index (χ4v) is 1.22. The van der Waals surface area contributed by atoms with Crippen LogP contribution < -0.4 is 5.32 Å². The third-order valence-corrected chi connectivity index (χ3v) is 2.12. The van der Waals surface area contributed by atoms with Crippen molar-refractivity contribution < 1.29 is 19.4 Å². The highest BCUT2D eigenvalue weighted by Crippen LogP contribution is 2.00. The minimum Gasteiger partial charge on any atom is -0.477 e. The third-order valence-electron chi connectivity index (χ3n) is 2.12. The standard InChI is InChI=1S/C12H16N2O4/c1-2-5-18-8-11(15)14-7-9-3-4-10(12(16)17)13-6-9/h3-4,6H,2,5,7-8H2,1H3,(H,14,15)(H,16,17). The maximum absolute atomic E-state index is 11.3. The first kappa shape index (κ1) is 14.1. The van der Waals surface area contributed by atoms with E-state index in [0.717, 1.165) is 12.0 Å². The SMILES string of the molecule is CCCOCC(=O)NCc1ccc(C(=O)O)nc1. The van der Waals surface area contributed by atoms with Gasteiger partial charge in [0, 0.05) is 19.3 Å². The molecule has 0 unspecified atom stereocenters. The predicted molar refractivity (Wildman–Crippen MR) is 64.2 cm³/mol. The van der Waals surface area contributed by atoms with E-state index in [0.29, 0.717) is 13.2 Å². The lowest BCUT2D eigenvalue weighted by molar-refractivity contribution is -0.125. The van der Waals surface area contributed by atoms with Crippen molar-refractivity contribution in [1.29, 1.82) is 0 Å². The summed E-state index contributed by atoms with van der Waals surface area (Å²) >= 11 is 0. The highest BCUT2D eigenvalue weighted by molar-refractivity contribution is 5.85. The van der Waals surface area contributed by atoms with Crippen LogP contribution in [0.5, 0.6) is 0 Å². The quantitative estimate of drug-likeness (QED) is 0.701. The number of aromatic nitrogens is 1. The van der Waals surface area contributed by atoms with E-state index in [4.69, 9.17) is 9.84 Å². The highest BCUT2D eigenvalue weighted by atomic mass is 16.5. The lowest BCUT2D eigenvalue weighted by Gasteiger charge is -2.05. The van der Waals surface area contributed by atoms with Gasteiger partial charge < -0.3 is 15.2 Å². The van der Waals surface area contributed by atoms with Crippen molar-refractivity contribution in [2.45, 2.75) is 19.9 Å². The highest BCUT2D eigenvalue weighted by Gasteiger charge is 2.05. The fourth-order valence-electron chi connectivity index (χ4n) is 1.22. The molecule has 0 saturated carbocycles. The first-order chi connectivity index (χ1) is 8.63. The molecule has 6 heteroatoms. The zero-order chi connectivity index (χ0) is 13.4. The summed E-state index contributed by atoms with van der Waals surface area (Å²) in [6, 6.07) is 3.01. The van der Waals surface area contributed by atoms with E-state index >= 15 is 0 Å². The van der Waals surface area contributed by atoms with Gasteiger partial charge in [0.1, 0.15) is 12.3 Å². The molecule has 0 aliphatic carbocycles. The summed E-state index contributed by atoms with van der Waals surface area (Å²) in [6.45, 7) is 2.87. The van der Waals surface area contributed by atoms with E-state index in [2.05, 4.69) is 10.3 Å². The van der Waals surface area contributed by atoms with Crippen LogP contribution >= 0.6 is 0 Å². The summed E-state index contributed by atoms with van der Waals surface area (Å²) in [4.78, 5) is 25.6. The zero-order valence-corrected chi connectivity index (χ0v) is 10.2. The van der Waals surface area contributed by atoms with Crippen molar-refractivity contribution in [3.8, 4) is 0 Å². The number of ether oxygens (including phenoxy) is 1. The molecule has 2 N–H and O–H groups in total. The molecule has 1 heterocycles. The van der Waals surface area contributed by atoms with Gasteiger partial charge in [-0.1, -0.05) is 13.0 Å². The molecule has 1 rings (SSSR count). The van der Waals surface area contributed by atoms with Crippen LogP contribution in [0.2, 0.25) is 0 Å². The summed E-state index contributed by atoms with van der Waals surface area (Å²) in [7, 11) is 0. The number of rotatable bonds is 7. The second-order valence-electron chi connectivity index (χ2n) is 3.69. The molecule has 0 aliphatic heterocycles. The average molecular weight is 252 g/mol. The molecular weight excluding hydrogens is 236 g/mol. The minimum absolute atomic E-state index is 0.0173. The average Bonchev–Trinajstić information content (AvgIpc) is 2.37. The Morgan fingerprint density at radius 2 is 2.22 bits per heavy atom. The number of nitrogens with zero attached hydrogens (tertiary/aromatic N) is 1. The van der Waals surface area contributed by atoms with Crippen molar-refractivity contribution in [1.82, 2.24) is 10.3 Å². The molecule has 1 amide bonds. The van der Waals surface area contributed by atoms with Crippen LogP contribution in [0.15, 0.2) is 18.3 Å². The number of aromatic carboxylic acids is 1. The lowest BCUT2D eigenvalue weighted by Crippen LogP contribution is -2.27. The van der Waals surface area contributed by atoms with Gasteiger partial charge >= 0.3 is 5.97 Å². The van der Waals surface area contributed by atoms with Gasteiger partial charge in [0.25, 0.3) is 0 Å². The largest absolute Gasteiger partial charge is 0.477 e. The number of carbonyl (C=O) groups excluding carboxylic acids is 1. The maximum Gasteiger partial charge on any atom is 0.354 e. The molecule has 0 bridgehead atoms. The molecule has 98 valence electrons. The second kappa shape index (κ2) is 7.39. The monoisotopic (exact) mass is 252 g/mol. The van der Waals surface area contributed by atoms with Crippen LogP contribution in [-0.4, -0.2) is 35.2 Å². The van der Waals surface area contributed by atoms with E-state index in [9.17, 15) is 9.59 Å². The summed E-state index contributed by atoms with van der Waals surface area (Å²) in [5.41, 5.74) is 0.722. The second-order valence-corrected chi connectivity index (χ2v) is 3.69. The zero-order valence-electron chi connectivity index (χ0n) is 10.2. The lowest BCUT2D eigenvalue weighted by atomic mass is 10.2. The predicted octanol–water partition coefficient (Wildman–Crippen LogP) is 0.823. The summed E-state index contributed by atoms with van der Waals surface area (Å²) in [5.74, 6) is -1.27. The number of amides is 1. The van der Waals surface area contributed by atoms with Gasteiger partial charge in [-0.3, -0.25) is 4.79 Å². The van der Waals surface area contributed by atoms with Crippen molar-refractivity contribution in [3.05, 3.63) is 29.6 Å². The van der Waals surface area contributed by atoms with Crippen LogP contribution in [0.3, 0.4) is 0 Å². The first-order valence-corrected chi connectivity index (χ1v) is 5.66. The van der Waals surface area contributed by atoms with Crippen molar-refractivity contribution in [2.24, 2.45) is 0 Å². The Labute approximate surface area is 105 Å². The molecule has 18 heavy (non-hydrogen) atoms. The van der Waals surface area contributed by atoms with Gasteiger partial charge in [-0.2, -0.15) is 0 Å². The van der Waals surface area contributed by atoms with Crippen LogP contribution in [0, 0.1) is 0 Å². The molecule has 0 saturated heterocycles. The Hall–Kier alpha value is -1.95. The Kier molecular flexibility index (Phi) is 5.79. The summed E-state index contributed by atoms with van der Waals surface area (Å²) < 4.78 is 5.08. The number of carboxylic acids is 1. The Morgan fingerprint density at radius 1 is 1.44 bits per heavy atom. The summed E-state index contributed by atoms with van der Waals surface area (Å²) in [5, 5.41) is 11.3. The van der Waals surface area contributed by atoms with Crippen molar-refractivity contribution >= 4 is 11.9 Å². The topological polar surface area (TPSA) is 88.5 Å². The Morgan fingerprint density at radius 3 is 2.78 bits per heavy atom.